The number of thiocyanates is 1. The highest BCUT2D eigenvalue weighted by atomic mass is 32.2. The predicted molar refractivity (Wildman–Crippen MR) is 79.7 cm³/mol. The molecule has 7 heteroatoms. The highest BCUT2D eigenvalue weighted by molar-refractivity contribution is 8.03. The molecular formula is C15H21NO5S. The lowest BCUT2D eigenvalue weighted by Gasteiger charge is -2.36. The van der Waals surface area contributed by atoms with Crippen molar-refractivity contribution >= 4 is 11.8 Å². The Morgan fingerprint density at radius 3 is 2.36 bits per heavy atom. The Bertz CT molecular complexity index is 501. The van der Waals surface area contributed by atoms with Crippen LogP contribution in [0.2, 0.25) is 0 Å². The number of nitriles is 1. The maximum atomic E-state index is 8.57. The number of hydrogen-bond acceptors (Lipinski definition) is 7. The number of nitrogens with zero attached hydrogens (tertiary/aromatic N) is 1. The standard InChI is InChI=1S/C15H21NO5S/c1-14(2)18-10-9(6-5-7-22-8-16)17-13-12(11(10)19-14)20-15(3,4)21-13/h5-6,9-13H,7H2,1-4H3/b6-5+/t9-,10+,11+,12-,13-/m1/s1. The van der Waals surface area contributed by atoms with Gasteiger partial charge in [0.1, 0.15) is 29.8 Å². The van der Waals surface area contributed by atoms with Crippen molar-refractivity contribution < 1.29 is 23.7 Å². The summed E-state index contributed by atoms with van der Waals surface area (Å²) in [7, 11) is 0. The SMILES string of the molecule is CC1(C)O[C@H]2[C@@H](O1)[C@@H](/C=C/CSC#N)O[C@@H]1OC(C)(C)O[C@@H]12. The first-order valence-corrected chi connectivity index (χ1v) is 8.34. The highest BCUT2D eigenvalue weighted by Gasteiger charge is 2.60. The van der Waals surface area contributed by atoms with Crippen LogP contribution in [0.3, 0.4) is 0 Å². The van der Waals surface area contributed by atoms with Crippen LogP contribution in [-0.4, -0.2) is 48.0 Å². The smallest absolute Gasteiger partial charge is 0.190 e. The van der Waals surface area contributed by atoms with Gasteiger partial charge in [-0.05, 0) is 39.5 Å². The van der Waals surface area contributed by atoms with Gasteiger partial charge < -0.3 is 23.7 Å². The van der Waals surface area contributed by atoms with E-state index in [0.29, 0.717) is 5.75 Å². The van der Waals surface area contributed by atoms with Gasteiger partial charge in [0.25, 0.3) is 0 Å². The van der Waals surface area contributed by atoms with Crippen LogP contribution in [0.5, 0.6) is 0 Å². The van der Waals surface area contributed by atoms with E-state index in [1.54, 1.807) is 0 Å². The first kappa shape index (κ1) is 16.2. The molecule has 0 aromatic heterocycles. The van der Waals surface area contributed by atoms with E-state index >= 15 is 0 Å². The first-order valence-electron chi connectivity index (χ1n) is 7.36. The third-order valence-electron chi connectivity index (χ3n) is 3.76. The molecule has 0 unspecified atom stereocenters. The Balaban J connectivity index is 1.78. The van der Waals surface area contributed by atoms with Gasteiger partial charge in [0.05, 0.1) is 0 Å². The molecule has 3 aliphatic rings. The zero-order chi connectivity index (χ0) is 16.0. The zero-order valence-electron chi connectivity index (χ0n) is 13.1. The van der Waals surface area contributed by atoms with E-state index in [0.717, 1.165) is 0 Å². The van der Waals surface area contributed by atoms with Crippen molar-refractivity contribution in [1.82, 2.24) is 0 Å². The second-order valence-corrected chi connectivity index (χ2v) is 7.27. The van der Waals surface area contributed by atoms with Gasteiger partial charge in [-0.3, -0.25) is 0 Å². The fourth-order valence-electron chi connectivity index (χ4n) is 3.07. The number of fused-ring (bicyclic) bond motifs is 3. The third-order valence-corrected chi connectivity index (χ3v) is 4.25. The molecule has 0 aliphatic carbocycles. The molecule has 0 aromatic rings. The second kappa shape index (κ2) is 5.78. The Kier molecular flexibility index (Phi) is 4.27. The number of hydrogen-bond donors (Lipinski definition) is 0. The molecular weight excluding hydrogens is 306 g/mol. The molecule has 0 saturated carbocycles. The van der Waals surface area contributed by atoms with Crippen LogP contribution >= 0.6 is 11.8 Å². The lowest BCUT2D eigenvalue weighted by atomic mass is 9.99. The molecule has 0 radical (unpaired) electrons. The Morgan fingerprint density at radius 2 is 1.64 bits per heavy atom. The summed E-state index contributed by atoms with van der Waals surface area (Å²) in [5.74, 6) is -0.780. The number of rotatable bonds is 3. The zero-order valence-corrected chi connectivity index (χ0v) is 14.0. The normalized spacial score (nSPS) is 42.0. The Labute approximate surface area is 134 Å². The van der Waals surface area contributed by atoms with E-state index in [-0.39, 0.29) is 24.4 Å². The minimum absolute atomic E-state index is 0.242. The van der Waals surface area contributed by atoms with Gasteiger partial charge in [0.15, 0.2) is 17.9 Å². The quantitative estimate of drug-likeness (QED) is 0.447. The van der Waals surface area contributed by atoms with Crippen molar-refractivity contribution in [1.29, 1.82) is 5.26 Å². The molecule has 3 saturated heterocycles. The van der Waals surface area contributed by atoms with Gasteiger partial charge in [0, 0.05) is 5.75 Å². The van der Waals surface area contributed by atoms with Gasteiger partial charge in [-0.25, -0.2) is 0 Å². The van der Waals surface area contributed by atoms with Gasteiger partial charge in [-0.15, -0.1) is 0 Å². The molecule has 122 valence electrons. The molecule has 0 amide bonds. The molecule has 6 nitrogen and oxygen atoms in total. The number of ether oxygens (including phenoxy) is 5. The van der Waals surface area contributed by atoms with Crippen LogP contribution < -0.4 is 0 Å². The van der Waals surface area contributed by atoms with Crippen molar-refractivity contribution in [2.75, 3.05) is 5.75 Å². The van der Waals surface area contributed by atoms with Gasteiger partial charge in [-0.1, -0.05) is 12.2 Å². The van der Waals surface area contributed by atoms with Crippen LogP contribution in [0, 0.1) is 10.7 Å². The summed E-state index contributed by atoms with van der Waals surface area (Å²) in [4.78, 5) is 0. The molecule has 3 heterocycles. The van der Waals surface area contributed by atoms with Crippen molar-refractivity contribution in [3.05, 3.63) is 12.2 Å². The fraction of sp³-hybridized carbons (Fsp3) is 0.800. The second-order valence-electron chi connectivity index (χ2n) is 6.46. The van der Waals surface area contributed by atoms with Crippen molar-refractivity contribution in [2.45, 2.75) is 70.0 Å². The minimum Gasteiger partial charge on any atom is -0.342 e. The Hall–Kier alpha value is -0.620. The molecule has 0 aromatic carbocycles. The highest BCUT2D eigenvalue weighted by Crippen LogP contribution is 2.44. The summed E-state index contributed by atoms with van der Waals surface area (Å²) in [6.45, 7) is 7.49. The molecule has 3 aliphatic heterocycles. The lowest BCUT2D eigenvalue weighted by Crippen LogP contribution is -2.54. The summed E-state index contributed by atoms with van der Waals surface area (Å²) < 4.78 is 29.8. The van der Waals surface area contributed by atoms with E-state index in [9.17, 15) is 0 Å². The molecule has 3 rings (SSSR count). The van der Waals surface area contributed by atoms with E-state index < -0.39 is 17.9 Å². The van der Waals surface area contributed by atoms with Crippen molar-refractivity contribution in [3.63, 3.8) is 0 Å². The van der Waals surface area contributed by atoms with E-state index in [1.165, 1.54) is 11.8 Å². The fourth-order valence-corrected chi connectivity index (χ4v) is 3.35. The van der Waals surface area contributed by atoms with E-state index in [4.69, 9.17) is 28.9 Å². The molecule has 22 heavy (non-hydrogen) atoms. The molecule has 3 fully saturated rings. The van der Waals surface area contributed by atoms with E-state index in [2.05, 4.69) is 0 Å². The average Bonchev–Trinajstić information content (AvgIpc) is 2.89. The first-order chi connectivity index (χ1) is 10.3. The minimum atomic E-state index is -0.703. The molecule has 5 atom stereocenters. The maximum Gasteiger partial charge on any atom is 0.190 e. The van der Waals surface area contributed by atoms with Crippen LogP contribution in [0.25, 0.3) is 0 Å². The van der Waals surface area contributed by atoms with Crippen LogP contribution in [0.4, 0.5) is 0 Å². The van der Waals surface area contributed by atoms with Crippen LogP contribution in [0.15, 0.2) is 12.2 Å². The van der Waals surface area contributed by atoms with Crippen molar-refractivity contribution in [2.24, 2.45) is 0 Å². The molecule has 0 spiro atoms. The summed E-state index contributed by atoms with van der Waals surface area (Å²) in [6.07, 6.45) is 2.26. The van der Waals surface area contributed by atoms with E-state index in [1.807, 2.05) is 45.2 Å². The largest absolute Gasteiger partial charge is 0.342 e. The lowest BCUT2D eigenvalue weighted by molar-refractivity contribution is -0.222. The van der Waals surface area contributed by atoms with Gasteiger partial charge in [0.2, 0.25) is 0 Å². The van der Waals surface area contributed by atoms with Crippen LogP contribution in [-0.2, 0) is 23.7 Å². The summed E-state index contributed by atoms with van der Waals surface area (Å²) in [5.41, 5.74) is 0. The summed E-state index contributed by atoms with van der Waals surface area (Å²) >= 11 is 1.18. The van der Waals surface area contributed by atoms with Gasteiger partial charge >= 0.3 is 0 Å². The monoisotopic (exact) mass is 327 g/mol. The Morgan fingerprint density at radius 1 is 1.00 bits per heavy atom. The van der Waals surface area contributed by atoms with Crippen LogP contribution in [0.1, 0.15) is 27.7 Å². The number of thioether (sulfide) groups is 1. The summed E-state index contributed by atoms with van der Waals surface area (Å²) in [5, 5.41) is 10.6. The van der Waals surface area contributed by atoms with Gasteiger partial charge in [-0.2, -0.15) is 5.26 Å². The predicted octanol–water partition coefficient (Wildman–Crippen LogP) is 2.15. The molecule has 0 N–H and O–H groups in total. The molecule has 0 bridgehead atoms. The third kappa shape index (κ3) is 3.18. The average molecular weight is 327 g/mol. The topological polar surface area (TPSA) is 69.9 Å². The summed E-state index contributed by atoms with van der Waals surface area (Å²) in [6, 6.07) is 0. The maximum absolute atomic E-state index is 8.57. The van der Waals surface area contributed by atoms with Crippen molar-refractivity contribution in [3.8, 4) is 5.40 Å².